The average molecular weight is 363 g/mol. The van der Waals surface area contributed by atoms with Gasteiger partial charge in [-0.25, -0.2) is 0 Å². The first-order chi connectivity index (χ1) is 11.9. The molecule has 0 fully saturated rings. The van der Waals surface area contributed by atoms with Gasteiger partial charge in [-0.15, -0.1) is 0 Å². The van der Waals surface area contributed by atoms with Crippen LogP contribution in [-0.4, -0.2) is 20.1 Å². The smallest absolute Gasteiger partial charge is 0.226 e. The second-order valence-electron chi connectivity index (χ2n) is 5.88. The molecular weight excluding hydrogens is 340 g/mol. The van der Waals surface area contributed by atoms with Crippen molar-refractivity contribution in [2.45, 2.75) is 20.4 Å². The zero-order valence-corrected chi connectivity index (χ0v) is 15.6. The largest absolute Gasteiger partial charge is 0.493 e. The van der Waals surface area contributed by atoms with Crippen LogP contribution >= 0.6 is 11.6 Å². The number of ether oxygens (including phenoxy) is 2. The average Bonchev–Trinajstić information content (AvgIpc) is 2.60. The molecule has 0 aliphatic carbocycles. The number of rotatable bonds is 7. The van der Waals surface area contributed by atoms with Crippen molar-refractivity contribution in [3.63, 3.8) is 0 Å². The number of halogens is 1. The first kappa shape index (κ1) is 18.9. The topological polar surface area (TPSA) is 59.6 Å². The molecule has 0 bridgehead atoms. The van der Waals surface area contributed by atoms with Gasteiger partial charge in [-0.1, -0.05) is 25.4 Å². The van der Waals surface area contributed by atoms with Gasteiger partial charge in [0.1, 0.15) is 0 Å². The molecule has 0 spiro atoms. The van der Waals surface area contributed by atoms with E-state index in [1.54, 1.807) is 20.3 Å². The van der Waals surface area contributed by atoms with Crippen LogP contribution in [0, 0.1) is 5.92 Å². The van der Waals surface area contributed by atoms with Gasteiger partial charge in [-0.2, -0.15) is 0 Å². The molecule has 0 unspecified atom stereocenters. The van der Waals surface area contributed by atoms with Crippen LogP contribution in [0.1, 0.15) is 19.4 Å². The molecule has 134 valence electrons. The van der Waals surface area contributed by atoms with Gasteiger partial charge in [-0.05, 0) is 30.3 Å². The van der Waals surface area contributed by atoms with Gasteiger partial charge in [0.05, 0.1) is 14.2 Å². The van der Waals surface area contributed by atoms with Crippen molar-refractivity contribution in [1.82, 2.24) is 0 Å². The Balaban J connectivity index is 2.07. The molecule has 2 N–H and O–H groups in total. The highest BCUT2D eigenvalue weighted by Gasteiger charge is 2.12. The van der Waals surface area contributed by atoms with Crippen molar-refractivity contribution in [3.8, 4) is 11.5 Å². The lowest BCUT2D eigenvalue weighted by molar-refractivity contribution is -0.118. The van der Waals surface area contributed by atoms with E-state index >= 15 is 0 Å². The van der Waals surface area contributed by atoms with E-state index in [4.69, 9.17) is 21.1 Å². The van der Waals surface area contributed by atoms with E-state index in [1.807, 2.05) is 44.2 Å². The molecule has 0 aliphatic rings. The van der Waals surface area contributed by atoms with E-state index in [-0.39, 0.29) is 11.8 Å². The third-order valence-electron chi connectivity index (χ3n) is 3.68. The SMILES string of the molecule is COc1cc(Cl)cc(CNc2ccc(NC(=O)C(C)C)cc2)c1OC. The van der Waals surface area contributed by atoms with E-state index in [0.29, 0.717) is 23.1 Å². The molecule has 0 saturated carbocycles. The van der Waals surface area contributed by atoms with Gasteiger partial charge < -0.3 is 20.1 Å². The van der Waals surface area contributed by atoms with Crippen LogP contribution in [0.15, 0.2) is 36.4 Å². The lowest BCUT2D eigenvalue weighted by Gasteiger charge is -2.15. The Kier molecular flexibility index (Phi) is 6.53. The molecule has 6 heteroatoms. The Labute approximate surface area is 153 Å². The van der Waals surface area contributed by atoms with Crippen molar-refractivity contribution >= 4 is 28.9 Å². The Morgan fingerprint density at radius 1 is 1.08 bits per heavy atom. The van der Waals surface area contributed by atoms with E-state index in [1.165, 1.54) is 0 Å². The number of hydrogen-bond acceptors (Lipinski definition) is 4. The Morgan fingerprint density at radius 3 is 2.28 bits per heavy atom. The summed E-state index contributed by atoms with van der Waals surface area (Å²) in [7, 11) is 3.18. The maximum absolute atomic E-state index is 11.7. The molecule has 0 heterocycles. The monoisotopic (exact) mass is 362 g/mol. The number of carbonyl (C=O) groups is 1. The van der Waals surface area contributed by atoms with Crippen LogP contribution in [0.25, 0.3) is 0 Å². The van der Waals surface area contributed by atoms with Gasteiger partial charge in [0.25, 0.3) is 0 Å². The fourth-order valence-electron chi connectivity index (χ4n) is 2.29. The van der Waals surface area contributed by atoms with Gasteiger partial charge >= 0.3 is 0 Å². The number of anilines is 2. The molecule has 2 rings (SSSR count). The second kappa shape index (κ2) is 8.62. The van der Waals surface area contributed by atoms with Crippen LogP contribution in [0.2, 0.25) is 5.02 Å². The number of carbonyl (C=O) groups excluding carboxylic acids is 1. The summed E-state index contributed by atoms with van der Waals surface area (Å²) < 4.78 is 10.7. The summed E-state index contributed by atoms with van der Waals surface area (Å²) in [6.45, 7) is 4.24. The fourth-order valence-corrected chi connectivity index (χ4v) is 2.52. The summed E-state index contributed by atoms with van der Waals surface area (Å²) in [5.41, 5.74) is 2.58. The van der Waals surface area contributed by atoms with E-state index in [0.717, 1.165) is 16.9 Å². The van der Waals surface area contributed by atoms with Gasteiger partial charge in [0, 0.05) is 40.5 Å². The predicted molar refractivity (Wildman–Crippen MR) is 102 cm³/mol. The van der Waals surface area contributed by atoms with Crippen molar-refractivity contribution < 1.29 is 14.3 Å². The van der Waals surface area contributed by atoms with Crippen LogP contribution in [-0.2, 0) is 11.3 Å². The van der Waals surface area contributed by atoms with Crippen molar-refractivity contribution in [2.75, 3.05) is 24.9 Å². The highest BCUT2D eigenvalue weighted by Crippen LogP contribution is 2.34. The lowest BCUT2D eigenvalue weighted by atomic mass is 10.1. The van der Waals surface area contributed by atoms with Gasteiger partial charge in [0.15, 0.2) is 11.5 Å². The lowest BCUT2D eigenvalue weighted by Crippen LogP contribution is -2.17. The molecule has 2 aromatic carbocycles. The Bertz CT molecular complexity index is 730. The van der Waals surface area contributed by atoms with E-state index in [9.17, 15) is 4.79 Å². The normalized spacial score (nSPS) is 10.5. The molecule has 2 aromatic rings. The molecule has 25 heavy (non-hydrogen) atoms. The molecule has 0 aromatic heterocycles. The van der Waals surface area contributed by atoms with Gasteiger partial charge in [0.2, 0.25) is 5.91 Å². The van der Waals surface area contributed by atoms with E-state index in [2.05, 4.69) is 10.6 Å². The number of methoxy groups -OCH3 is 2. The first-order valence-electron chi connectivity index (χ1n) is 7.99. The highest BCUT2D eigenvalue weighted by molar-refractivity contribution is 6.30. The summed E-state index contributed by atoms with van der Waals surface area (Å²) >= 11 is 6.13. The molecule has 0 aliphatic heterocycles. The number of amides is 1. The zero-order chi connectivity index (χ0) is 18.4. The van der Waals surface area contributed by atoms with Crippen LogP contribution in [0.4, 0.5) is 11.4 Å². The Morgan fingerprint density at radius 2 is 1.72 bits per heavy atom. The number of hydrogen-bond donors (Lipinski definition) is 2. The summed E-state index contributed by atoms with van der Waals surface area (Å²) in [5, 5.41) is 6.76. The summed E-state index contributed by atoms with van der Waals surface area (Å²) in [6, 6.07) is 11.1. The number of nitrogens with one attached hydrogen (secondary N) is 2. The zero-order valence-electron chi connectivity index (χ0n) is 14.9. The molecule has 1 amide bonds. The summed E-state index contributed by atoms with van der Waals surface area (Å²) in [4.78, 5) is 11.7. The third-order valence-corrected chi connectivity index (χ3v) is 3.90. The summed E-state index contributed by atoms with van der Waals surface area (Å²) in [5.74, 6) is 1.19. The van der Waals surface area contributed by atoms with E-state index < -0.39 is 0 Å². The highest BCUT2D eigenvalue weighted by atomic mass is 35.5. The second-order valence-corrected chi connectivity index (χ2v) is 6.31. The maximum Gasteiger partial charge on any atom is 0.226 e. The van der Waals surface area contributed by atoms with Crippen LogP contribution in [0.5, 0.6) is 11.5 Å². The first-order valence-corrected chi connectivity index (χ1v) is 8.37. The predicted octanol–water partition coefficient (Wildman–Crippen LogP) is 4.56. The fraction of sp³-hybridized carbons (Fsp3) is 0.316. The molecule has 0 radical (unpaired) electrons. The van der Waals surface area contributed by atoms with Crippen LogP contribution < -0.4 is 20.1 Å². The quantitative estimate of drug-likeness (QED) is 0.757. The minimum atomic E-state index is -0.0527. The van der Waals surface area contributed by atoms with Crippen LogP contribution in [0.3, 0.4) is 0 Å². The van der Waals surface area contributed by atoms with Crippen molar-refractivity contribution in [2.24, 2.45) is 5.92 Å². The molecule has 5 nitrogen and oxygen atoms in total. The molecule has 0 saturated heterocycles. The number of benzene rings is 2. The van der Waals surface area contributed by atoms with Crippen molar-refractivity contribution in [1.29, 1.82) is 0 Å². The third kappa shape index (κ3) is 5.03. The molecule has 0 atom stereocenters. The standard InChI is InChI=1S/C19H23ClN2O3/c1-12(2)19(23)22-16-7-5-15(6-8-16)21-11-13-9-14(20)10-17(24-3)18(13)25-4/h5-10,12,21H,11H2,1-4H3,(H,22,23). The Hall–Kier alpha value is -2.40. The minimum absolute atomic E-state index is 0.00327. The minimum Gasteiger partial charge on any atom is -0.493 e. The molecular formula is C19H23ClN2O3. The van der Waals surface area contributed by atoms with Gasteiger partial charge in [-0.3, -0.25) is 4.79 Å². The van der Waals surface area contributed by atoms with Crippen molar-refractivity contribution in [3.05, 3.63) is 47.0 Å². The summed E-state index contributed by atoms with van der Waals surface area (Å²) in [6.07, 6.45) is 0. The maximum atomic E-state index is 11.7.